The Balaban J connectivity index is 1.92. The quantitative estimate of drug-likeness (QED) is 0.891. The molecular weight excluding hydrogens is 232 g/mol. The Bertz CT molecular complexity index is 421. The maximum atomic E-state index is 9.34. The molecule has 102 valence electrons. The molecule has 1 fully saturated rings. The first-order valence-electron chi connectivity index (χ1n) is 7.40. The Hall–Kier alpha value is -1.33. The summed E-state index contributed by atoms with van der Waals surface area (Å²) in [6.45, 7) is 5.45. The molecule has 0 aliphatic heterocycles. The highest BCUT2D eigenvalue weighted by atomic mass is 14.9. The Kier molecular flexibility index (Phi) is 4.99. The molecule has 0 bridgehead atoms. The molecule has 2 nitrogen and oxygen atoms in total. The van der Waals surface area contributed by atoms with Crippen molar-refractivity contribution in [1.82, 2.24) is 5.32 Å². The lowest BCUT2D eigenvalue weighted by atomic mass is 9.78. The lowest BCUT2D eigenvalue weighted by Crippen LogP contribution is -2.42. The minimum atomic E-state index is -0.0365. The van der Waals surface area contributed by atoms with Gasteiger partial charge in [-0.3, -0.25) is 0 Å². The second-order valence-electron chi connectivity index (χ2n) is 5.87. The van der Waals surface area contributed by atoms with Crippen LogP contribution in [0.1, 0.15) is 44.6 Å². The summed E-state index contributed by atoms with van der Waals surface area (Å²) in [4.78, 5) is 0. The molecule has 1 aliphatic rings. The van der Waals surface area contributed by atoms with Crippen LogP contribution in [0.3, 0.4) is 0 Å². The van der Waals surface area contributed by atoms with Crippen LogP contribution >= 0.6 is 0 Å². The number of hydrogen-bond acceptors (Lipinski definition) is 2. The molecule has 0 saturated heterocycles. The molecule has 0 amide bonds. The third kappa shape index (κ3) is 3.58. The fraction of sp³-hybridized carbons (Fsp3) is 0.588. The van der Waals surface area contributed by atoms with E-state index in [4.69, 9.17) is 0 Å². The highest BCUT2D eigenvalue weighted by Crippen LogP contribution is 2.29. The van der Waals surface area contributed by atoms with Crippen LogP contribution in [0.4, 0.5) is 0 Å². The van der Waals surface area contributed by atoms with E-state index in [1.807, 2.05) is 30.3 Å². The van der Waals surface area contributed by atoms with Gasteiger partial charge in [-0.25, -0.2) is 0 Å². The first-order valence-corrected chi connectivity index (χ1v) is 7.40. The highest BCUT2D eigenvalue weighted by Gasteiger charge is 2.27. The zero-order valence-corrected chi connectivity index (χ0v) is 12.0. The van der Waals surface area contributed by atoms with Crippen molar-refractivity contribution in [1.29, 1.82) is 5.26 Å². The number of nitrogens with zero attached hydrogens (tertiary/aromatic N) is 1. The molecule has 1 aliphatic carbocycles. The predicted molar refractivity (Wildman–Crippen MR) is 78.8 cm³/mol. The van der Waals surface area contributed by atoms with Gasteiger partial charge in [0.15, 0.2) is 0 Å². The summed E-state index contributed by atoms with van der Waals surface area (Å²) in [6.07, 6.45) is 3.91. The van der Waals surface area contributed by atoms with Crippen molar-refractivity contribution in [2.45, 2.75) is 45.1 Å². The molecule has 0 spiro atoms. The molecule has 1 aromatic carbocycles. The molecule has 1 N–H and O–H groups in total. The summed E-state index contributed by atoms with van der Waals surface area (Å²) in [7, 11) is 0. The van der Waals surface area contributed by atoms with Crippen molar-refractivity contribution in [3.05, 3.63) is 35.9 Å². The van der Waals surface area contributed by atoms with E-state index < -0.39 is 0 Å². The van der Waals surface area contributed by atoms with E-state index in [-0.39, 0.29) is 5.92 Å². The van der Waals surface area contributed by atoms with Gasteiger partial charge in [-0.15, -0.1) is 0 Å². The van der Waals surface area contributed by atoms with Crippen molar-refractivity contribution < 1.29 is 0 Å². The van der Waals surface area contributed by atoms with Crippen LogP contribution < -0.4 is 5.32 Å². The normalized spacial score (nSPS) is 28.6. The summed E-state index contributed by atoms with van der Waals surface area (Å²) >= 11 is 0. The van der Waals surface area contributed by atoms with Crippen LogP contribution in [0.25, 0.3) is 0 Å². The number of nitriles is 1. The summed E-state index contributed by atoms with van der Waals surface area (Å²) in [5, 5.41) is 13.0. The van der Waals surface area contributed by atoms with Crippen LogP contribution in [-0.4, -0.2) is 12.6 Å². The van der Waals surface area contributed by atoms with Gasteiger partial charge in [-0.2, -0.15) is 5.26 Å². The summed E-state index contributed by atoms with van der Waals surface area (Å²) in [5.74, 6) is 1.47. The molecule has 0 heterocycles. The molecule has 0 radical (unpaired) electrons. The third-order valence-electron chi connectivity index (χ3n) is 4.65. The smallest absolute Gasteiger partial charge is 0.0837 e. The van der Waals surface area contributed by atoms with Gasteiger partial charge in [0.25, 0.3) is 0 Å². The van der Waals surface area contributed by atoms with Gasteiger partial charge in [0, 0.05) is 12.6 Å². The molecule has 1 saturated carbocycles. The van der Waals surface area contributed by atoms with Gasteiger partial charge < -0.3 is 5.32 Å². The van der Waals surface area contributed by atoms with Crippen LogP contribution in [0.5, 0.6) is 0 Å². The monoisotopic (exact) mass is 256 g/mol. The first kappa shape index (κ1) is 14.1. The molecular formula is C17H24N2. The minimum Gasteiger partial charge on any atom is -0.312 e. The van der Waals surface area contributed by atoms with Gasteiger partial charge in [0.1, 0.15) is 0 Å². The minimum absolute atomic E-state index is 0.0365. The molecule has 0 aromatic heterocycles. The number of benzene rings is 1. The Morgan fingerprint density at radius 3 is 2.68 bits per heavy atom. The van der Waals surface area contributed by atoms with Crippen LogP contribution in [0.2, 0.25) is 0 Å². The Labute approximate surface area is 116 Å². The fourth-order valence-corrected chi connectivity index (χ4v) is 3.06. The predicted octanol–water partition coefficient (Wildman–Crippen LogP) is 3.71. The standard InChI is InChI=1S/C17H24N2/c1-13-7-6-10-17(14(13)2)19-12-16(11-18)15-8-4-3-5-9-15/h3-5,8-9,13-14,16-17,19H,6-7,10,12H2,1-2H3. The summed E-state index contributed by atoms with van der Waals surface area (Å²) in [6, 6.07) is 13.1. The van der Waals surface area contributed by atoms with Gasteiger partial charge in [-0.1, -0.05) is 57.0 Å². The number of hydrogen-bond donors (Lipinski definition) is 1. The zero-order chi connectivity index (χ0) is 13.7. The second-order valence-corrected chi connectivity index (χ2v) is 5.87. The maximum absolute atomic E-state index is 9.34. The molecule has 2 heteroatoms. The van der Waals surface area contributed by atoms with Gasteiger partial charge >= 0.3 is 0 Å². The van der Waals surface area contributed by atoms with E-state index in [2.05, 4.69) is 25.2 Å². The molecule has 1 aromatic rings. The summed E-state index contributed by atoms with van der Waals surface area (Å²) < 4.78 is 0. The fourth-order valence-electron chi connectivity index (χ4n) is 3.06. The van der Waals surface area contributed by atoms with Crippen molar-refractivity contribution >= 4 is 0 Å². The maximum Gasteiger partial charge on any atom is 0.0837 e. The third-order valence-corrected chi connectivity index (χ3v) is 4.65. The number of nitrogens with one attached hydrogen (secondary N) is 1. The van der Waals surface area contributed by atoms with Crippen LogP contribution in [0.15, 0.2) is 30.3 Å². The Morgan fingerprint density at radius 1 is 1.26 bits per heavy atom. The average Bonchev–Trinajstić information content (AvgIpc) is 2.45. The van der Waals surface area contributed by atoms with E-state index >= 15 is 0 Å². The second kappa shape index (κ2) is 6.73. The van der Waals surface area contributed by atoms with Crippen molar-refractivity contribution in [2.75, 3.05) is 6.54 Å². The van der Waals surface area contributed by atoms with Crippen LogP contribution in [-0.2, 0) is 0 Å². The molecule has 4 atom stereocenters. The van der Waals surface area contributed by atoms with E-state index in [1.165, 1.54) is 19.3 Å². The SMILES string of the molecule is CC1CCCC(NCC(C#N)c2ccccc2)C1C. The van der Waals surface area contributed by atoms with E-state index in [0.717, 1.165) is 18.0 Å². The Morgan fingerprint density at radius 2 is 2.00 bits per heavy atom. The topological polar surface area (TPSA) is 35.8 Å². The lowest BCUT2D eigenvalue weighted by molar-refractivity contribution is 0.207. The van der Waals surface area contributed by atoms with E-state index in [9.17, 15) is 5.26 Å². The van der Waals surface area contributed by atoms with E-state index in [0.29, 0.717) is 12.0 Å². The lowest BCUT2D eigenvalue weighted by Gasteiger charge is -2.35. The van der Waals surface area contributed by atoms with Crippen LogP contribution in [0, 0.1) is 23.2 Å². The van der Waals surface area contributed by atoms with Gasteiger partial charge in [0.05, 0.1) is 12.0 Å². The number of rotatable bonds is 4. The average molecular weight is 256 g/mol. The van der Waals surface area contributed by atoms with E-state index in [1.54, 1.807) is 0 Å². The summed E-state index contributed by atoms with van der Waals surface area (Å²) in [5.41, 5.74) is 1.12. The highest BCUT2D eigenvalue weighted by molar-refractivity contribution is 5.25. The molecule has 4 unspecified atom stereocenters. The van der Waals surface area contributed by atoms with Gasteiger partial charge in [-0.05, 0) is 23.8 Å². The van der Waals surface area contributed by atoms with Gasteiger partial charge in [0.2, 0.25) is 0 Å². The molecule has 19 heavy (non-hydrogen) atoms. The first-order chi connectivity index (χ1) is 9.22. The van der Waals surface area contributed by atoms with Crippen molar-refractivity contribution in [2.24, 2.45) is 11.8 Å². The largest absolute Gasteiger partial charge is 0.312 e. The van der Waals surface area contributed by atoms with Crippen molar-refractivity contribution in [3.63, 3.8) is 0 Å². The molecule has 2 rings (SSSR count). The van der Waals surface area contributed by atoms with Crippen molar-refractivity contribution in [3.8, 4) is 6.07 Å². The zero-order valence-electron chi connectivity index (χ0n) is 12.0.